The fourth-order valence-electron chi connectivity index (χ4n) is 4.32. The highest BCUT2D eigenvalue weighted by Crippen LogP contribution is 2.38. The van der Waals surface area contributed by atoms with Gasteiger partial charge in [0.2, 0.25) is 0 Å². The molecule has 2 rings (SSSR count). The molecule has 0 aliphatic rings. The fraction of sp³-hybridized carbons (Fsp3) is 0.414. The molecule has 5 nitrogen and oxygen atoms in total. The molecule has 0 saturated carbocycles. The Morgan fingerprint density at radius 1 is 0.971 bits per heavy atom. The number of ether oxygens (including phenoxy) is 1. The molecule has 190 valence electrons. The number of aliphatic hydroxyl groups is 1. The van der Waals surface area contributed by atoms with Crippen LogP contribution in [-0.2, 0) is 9.16 Å². The zero-order valence-electron chi connectivity index (χ0n) is 22.0. The van der Waals surface area contributed by atoms with Crippen molar-refractivity contribution in [3.63, 3.8) is 0 Å². The predicted molar refractivity (Wildman–Crippen MR) is 147 cm³/mol. The lowest BCUT2D eigenvalue weighted by Gasteiger charge is -2.46. The molecule has 0 saturated heterocycles. The summed E-state index contributed by atoms with van der Waals surface area (Å²) in [6.45, 7) is 19.7. The average Bonchev–Trinajstić information content (AvgIpc) is 2.78. The van der Waals surface area contributed by atoms with E-state index in [-0.39, 0.29) is 11.5 Å². The van der Waals surface area contributed by atoms with Crippen LogP contribution in [0.2, 0.25) is 5.04 Å². The van der Waals surface area contributed by atoms with E-state index in [0.29, 0.717) is 0 Å². The van der Waals surface area contributed by atoms with Crippen molar-refractivity contribution in [2.24, 2.45) is 0 Å². The van der Waals surface area contributed by atoms with Gasteiger partial charge in [-0.1, -0.05) is 93.6 Å². The average molecular weight is 496 g/mol. The van der Waals surface area contributed by atoms with Crippen molar-refractivity contribution < 1.29 is 19.1 Å². The molecule has 2 aromatic carbocycles. The van der Waals surface area contributed by atoms with Gasteiger partial charge in [-0.05, 0) is 42.6 Å². The quantitative estimate of drug-likeness (QED) is 0.362. The van der Waals surface area contributed by atoms with Gasteiger partial charge in [0.05, 0.1) is 18.2 Å². The van der Waals surface area contributed by atoms with E-state index in [2.05, 4.69) is 63.5 Å². The van der Waals surface area contributed by atoms with E-state index in [1.165, 1.54) is 0 Å². The van der Waals surface area contributed by atoms with Crippen molar-refractivity contribution in [2.75, 3.05) is 0 Å². The van der Waals surface area contributed by atoms with Gasteiger partial charge in [0.15, 0.2) is 0 Å². The Bertz CT molecular complexity index is 924. The summed E-state index contributed by atoms with van der Waals surface area (Å²) in [5, 5.41) is 15.8. The zero-order valence-corrected chi connectivity index (χ0v) is 23.0. The number of alkyl carbamates (subject to hydrolysis) is 1. The number of aliphatic hydroxyl groups excluding tert-OH is 1. The van der Waals surface area contributed by atoms with E-state index in [1.54, 1.807) is 32.9 Å². The summed E-state index contributed by atoms with van der Waals surface area (Å²) in [5.74, 6) is 0. The van der Waals surface area contributed by atoms with Gasteiger partial charge < -0.3 is 19.6 Å². The minimum absolute atomic E-state index is 0.273. The summed E-state index contributed by atoms with van der Waals surface area (Å²) in [5.41, 5.74) is -0.680. The third kappa shape index (κ3) is 7.16. The molecule has 0 spiro atoms. The second-order valence-corrected chi connectivity index (χ2v) is 15.0. The van der Waals surface area contributed by atoms with Crippen LogP contribution in [0.3, 0.4) is 0 Å². The Labute approximate surface area is 212 Å². The Morgan fingerprint density at radius 3 is 1.83 bits per heavy atom. The van der Waals surface area contributed by atoms with Crippen LogP contribution >= 0.6 is 0 Å². The smallest absolute Gasteiger partial charge is 0.408 e. The van der Waals surface area contributed by atoms with E-state index in [4.69, 9.17) is 9.16 Å². The Morgan fingerprint density at radius 2 is 1.46 bits per heavy atom. The molecule has 6 heteroatoms. The first-order chi connectivity index (χ1) is 16.4. The van der Waals surface area contributed by atoms with E-state index in [1.807, 2.05) is 36.4 Å². The molecular weight excluding hydrogens is 454 g/mol. The summed E-state index contributed by atoms with van der Waals surface area (Å²) in [6, 6.07) is 19.6. The molecule has 3 atom stereocenters. The molecule has 0 aliphatic carbocycles. The van der Waals surface area contributed by atoms with Crippen LogP contribution in [0.25, 0.3) is 0 Å². The first-order valence-corrected chi connectivity index (χ1v) is 14.0. The number of hydrogen-bond donors (Lipinski definition) is 2. The fourth-order valence-corrected chi connectivity index (χ4v) is 8.99. The van der Waals surface area contributed by atoms with Crippen LogP contribution in [0.1, 0.15) is 48.0 Å². The van der Waals surface area contributed by atoms with Gasteiger partial charge in [0, 0.05) is 0 Å². The zero-order chi connectivity index (χ0) is 26.3. The highest BCUT2D eigenvalue weighted by molar-refractivity contribution is 6.99. The van der Waals surface area contributed by atoms with Crippen LogP contribution in [0.5, 0.6) is 0 Å². The minimum atomic E-state index is -2.96. The molecule has 0 heterocycles. The number of rotatable bonds is 10. The molecule has 2 aromatic rings. The summed E-state index contributed by atoms with van der Waals surface area (Å²) >= 11 is 0. The second-order valence-electron chi connectivity index (χ2n) is 10.7. The Balaban J connectivity index is 2.64. The number of carbonyl (C=O) groups is 1. The van der Waals surface area contributed by atoms with Gasteiger partial charge >= 0.3 is 6.09 Å². The minimum Gasteiger partial charge on any atom is -0.444 e. The maximum Gasteiger partial charge on any atom is 0.408 e. The van der Waals surface area contributed by atoms with Crippen LogP contribution in [0, 0.1) is 0 Å². The van der Waals surface area contributed by atoms with E-state index >= 15 is 0 Å². The maximum absolute atomic E-state index is 12.8. The number of benzene rings is 2. The number of amides is 1. The van der Waals surface area contributed by atoms with Crippen LogP contribution < -0.4 is 15.7 Å². The summed E-state index contributed by atoms with van der Waals surface area (Å²) in [7, 11) is -2.96. The summed E-state index contributed by atoms with van der Waals surface area (Å²) in [6.07, 6.45) is 1.30. The van der Waals surface area contributed by atoms with Gasteiger partial charge in [0.25, 0.3) is 8.32 Å². The predicted octanol–water partition coefficient (Wildman–Crippen LogP) is 4.95. The molecule has 0 fully saturated rings. The molecule has 2 N–H and O–H groups in total. The molecule has 1 amide bonds. The summed E-state index contributed by atoms with van der Waals surface area (Å²) in [4.78, 5) is 12.8. The van der Waals surface area contributed by atoms with Crippen molar-refractivity contribution >= 4 is 24.8 Å². The standard InChI is InChI=1S/C29H41NO4Si/c1-9-17-24(31)26(30-27(32)33-28(3,4)5)25(10-2)34-35(29(6,7)8,22-18-13-11-14-19-22)23-20-15-12-16-21-23/h9-16,18-21,24-26,31H,1-2,17H2,3-8H3,(H,30,32)/t24?,25-,26-/m0/s1. The van der Waals surface area contributed by atoms with Gasteiger partial charge in [-0.25, -0.2) is 4.79 Å². The first kappa shape index (κ1) is 28.6. The van der Waals surface area contributed by atoms with E-state index in [0.717, 1.165) is 10.4 Å². The normalized spacial score (nSPS) is 14.9. The highest BCUT2D eigenvalue weighted by atomic mass is 28.4. The van der Waals surface area contributed by atoms with E-state index < -0.39 is 38.3 Å². The lowest BCUT2D eigenvalue weighted by Crippen LogP contribution is -2.69. The van der Waals surface area contributed by atoms with Crippen LogP contribution in [0.15, 0.2) is 86.0 Å². The van der Waals surface area contributed by atoms with Gasteiger partial charge in [-0.3, -0.25) is 0 Å². The lowest BCUT2D eigenvalue weighted by molar-refractivity contribution is 0.0285. The van der Waals surface area contributed by atoms with Gasteiger partial charge in [0.1, 0.15) is 5.60 Å². The topological polar surface area (TPSA) is 67.8 Å². The third-order valence-corrected chi connectivity index (χ3v) is 10.9. The van der Waals surface area contributed by atoms with Crippen molar-refractivity contribution in [3.8, 4) is 0 Å². The molecule has 0 aromatic heterocycles. The van der Waals surface area contributed by atoms with E-state index in [9.17, 15) is 9.90 Å². The Hall–Kier alpha value is -2.67. The number of hydrogen-bond acceptors (Lipinski definition) is 4. The SMILES string of the molecule is C=CCC(O)[C@H](NC(=O)OC(C)(C)C)[C@H](C=C)O[Si](c1ccccc1)(c1ccccc1)C(C)(C)C. The molecule has 0 bridgehead atoms. The largest absolute Gasteiger partial charge is 0.444 e. The van der Waals surface area contributed by atoms with Crippen LogP contribution in [0.4, 0.5) is 4.79 Å². The highest BCUT2D eigenvalue weighted by Gasteiger charge is 2.52. The van der Waals surface area contributed by atoms with Crippen molar-refractivity contribution in [1.29, 1.82) is 0 Å². The molecule has 0 radical (unpaired) electrons. The van der Waals surface area contributed by atoms with Crippen LogP contribution in [-0.4, -0.2) is 43.4 Å². The van der Waals surface area contributed by atoms with Crippen molar-refractivity contribution in [3.05, 3.63) is 86.0 Å². The Kier molecular flexibility index (Phi) is 9.66. The number of carbonyl (C=O) groups excluding carboxylic acids is 1. The maximum atomic E-state index is 12.8. The monoisotopic (exact) mass is 495 g/mol. The lowest BCUT2D eigenvalue weighted by atomic mass is 10.0. The molecule has 1 unspecified atom stereocenters. The van der Waals surface area contributed by atoms with Gasteiger partial charge in [-0.2, -0.15) is 0 Å². The molecular formula is C29H41NO4Si. The first-order valence-electron chi connectivity index (χ1n) is 12.1. The molecule has 35 heavy (non-hydrogen) atoms. The van der Waals surface area contributed by atoms with Gasteiger partial charge in [-0.15, -0.1) is 13.2 Å². The number of nitrogens with one attached hydrogen (secondary N) is 1. The van der Waals surface area contributed by atoms with Crippen molar-refractivity contribution in [2.45, 2.75) is 76.9 Å². The third-order valence-electron chi connectivity index (χ3n) is 5.82. The summed E-state index contributed by atoms with van der Waals surface area (Å²) < 4.78 is 12.6. The second kappa shape index (κ2) is 11.8. The van der Waals surface area contributed by atoms with Crippen molar-refractivity contribution in [1.82, 2.24) is 5.32 Å². The molecule has 0 aliphatic heterocycles.